The van der Waals surface area contributed by atoms with E-state index < -0.39 is 18.0 Å². The Bertz CT molecular complexity index is 206. The maximum atomic E-state index is 10.8. The van der Waals surface area contributed by atoms with Crippen molar-refractivity contribution in [2.75, 3.05) is 20.8 Å². The monoisotopic (exact) mass is 206 g/mol. The third-order valence-corrected chi connectivity index (χ3v) is 1.89. The molecule has 0 aromatic carbocycles. The fraction of sp³-hybridized carbons (Fsp3) is 0.875. The Morgan fingerprint density at radius 3 is 2.71 bits per heavy atom. The normalized spacial score (nSPS) is 32.6. The highest BCUT2D eigenvalue weighted by molar-refractivity contribution is 5.66. The zero-order chi connectivity index (χ0) is 10.6. The van der Waals surface area contributed by atoms with E-state index in [9.17, 15) is 4.79 Å². The van der Waals surface area contributed by atoms with E-state index in [4.69, 9.17) is 24.0 Å². The summed E-state index contributed by atoms with van der Waals surface area (Å²) in [6.45, 7) is 1.62. The van der Waals surface area contributed by atoms with Gasteiger partial charge in [-0.1, -0.05) is 0 Å². The highest BCUT2D eigenvalue weighted by Gasteiger charge is 2.49. The van der Waals surface area contributed by atoms with Crippen molar-refractivity contribution in [3.8, 4) is 0 Å². The lowest BCUT2D eigenvalue weighted by molar-refractivity contribution is -0.530. The first-order valence-electron chi connectivity index (χ1n) is 4.23. The highest BCUT2D eigenvalue weighted by atomic mass is 17.3. The third kappa shape index (κ3) is 2.21. The fourth-order valence-corrected chi connectivity index (χ4v) is 1.26. The number of esters is 1. The van der Waals surface area contributed by atoms with E-state index in [1.165, 1.54) is 21.1 Å². The molecule has 1 aliphatic heterocycles. The predicted octanol–water partition coefficient (Wildman–Crippen LogP) is 0.217. The summed E-state index contributed by atoms with van der Waals surface area (Å²) >= 11 is 0. The topological polar surface area (TPSA) is 63.2 Å². The fourth-order valence-electron chi connectivity index (χ4n) is 1.26. The largest absolute Gasteiger partial charge is 0.404 e. The molecule has 0 bridgehead atoms. The Morgan fingerprint density at radius 2 is 2.21 bits per heavy atom. The average molecular weight is 206 g/mol. The van der Waals surface area contributed by atoms with E-state index in [2.05, 4.69) is 0 Å². The molecule has 0 aromatic heterocycles. The van der Waals surface area contributed by atoms with Gasteiger partial charge in [-0.05, 0) is 0 Å². The molecule has 0 amide bonds. The molecule has 2 atom stereocenters. The SMILES string of the molecule is COC1CCOOC1(OC)OC(C)=O. The second-order valence-corrected chi connectivity index (χ2v) is 2.82. The third-order valence-electron chi connectivity index (χ3n) is 1.89. The summed E-state index contributed by atoms with van der Waals surface area (Å²) in [5, 5.41) is 0. The summed E-state index contributed by atoms with van der Waals surface area (Å²) in [4.78, 5) is 20.4. The molecular formula is C8H14O6. The maximum Gasteiger partial charge on any atom is 0.383 e. The van der Waals surface area contributed by atoms with Gasteiger partial charge >= 0.3 is 11.9 Å². The van der Waals surface area contributed by atoms with Gasteiger partial charge in [0.15, 0.2) is 6.10 Å². The van der Waals surface area contributed by atoms with Crippen LogP contribution in [0, 0.1) is 0 Å². The number of methoxy groups -OCH3 is 2. The smallest absolute Gasteiger partial charge is 0.383 e. The first-order valence-corrected chi connectivity index (χ1v) is 4.23. The number of hydrogen-bond donors (Lipinski definition) is 0. The van der Waals surface area contributed by atoms with Crippen molar-refractivity contribution in [1.29, 1.82) is 0 Å². The number of ether oxygens (including phenoxy) is 3. The van der Waals surface area contributed by atoms with Crippen LogP contribution in [0.15, 0.2) is 0 Å². The van der Waals surface area contributed by atoms with Crippen molar-refractivity contribution in [2.24, 2.45) is 0 Å². The van der Waals surface area contributed by atoms with Gasteiger partial charge in [0.05, 0.1) is 6.61 Å². The van der Waals surface area contributed by atoms with Gasteiger partial charge in [0.1, 0.15) is 0 Å². The van der Waals surface area contributed by atoms with E-state index in [-0.39, 0.29) is 0 Å². The second-order valence-electron chi connectivity index (χ2n) is 2.82. The number of carbonyl (C=O) groups excluding carboxylic acids is 1. The molecule has 0 radical (unpaired) electrons. The molecule has 6 nitrogen and oxygen atoms in total. The van der Waals surface area contributed by atoms with Crippen LogP contribution in [0.25, 0.3) is 0 Å². The molecule has 0 N–H and O–H groups in total. The summed E-state index contributed by atoms with van der Waals surface area (Å²) in [5.74, 6) is -2.11. The Kier molecular flexibility index (Phi) is 3.82. The summed E-state index contributed by atoms with van der Waals surface area (Å²) in [5.41, 5.74) is 0. The minimum atomic E-state index is -1.58. The van der Waals surface area contributed by atoms with Crippen molar-refractivity contribution in [2.45, 2.75) is 25.4 Å². The lowest BCUT2D eigenvalue weighted by atomic mass is 10.2. The van der Waals surface area contributed by atoms with Gasteiger partial charge in [0, 0.05) is 27.6 Å². The molecule has 0 saturated carbocycles. The molecule has 1 fully saturated rings. The van der Waals surface area contributed by atoms with Crippen LogP contribution < -0.4 is 0 Å². The standard InChI is InChI=1S/C8H14O6/c1-6(9)13-8(11-3)7(10-2)4-5-12-14-8/h7H,4-5H2,1-3H3. The molecule has 2 unspecified atom stereocenters. The Labute approximate surface area is 81.9 Å². The van der Waals surface area contributed by atoms with E-state index in [0.717, 1.165) is 0 Å². The molecular weight excluding hydrogens is 192 g/mol. The molecule has 1 rings (SSSR count). The Hall–Kier alpha value is -0.690. The van der Waals surface area contributed by atoms with Crippen LogP contribution >= 0.6 is 0 Å². The summed E-state index contributed by atoms with van der Waals surface area (Å²) < 4.78 is 15.0. The van der Waals surface area contributed by atoms with Gasteiger partial charge in [-0.15, -0.1) is 0 Å². The lowest BCUT2D eigenvalue weighted by Gasteiger charge is -2.37. The van der Waals surface area contributed by atoms with Gasteiger partial charge in [-0.3, -0.25) is 4.79 Å². The first-order chi connectivity index (χ1) is 6.64. The lowest BCUT2D eigenvalue weighted by Crippen LogP contribution is -2.54. The summed E-state index contributed by atoms with van der Waals surface area (Å²) in [7, 11) is 2.83. The van der Waals surface area contributed by atoms with Crippen molar-refractivity contribution in [3.63, 3.8) is 0 Å². The zero-order valence-electron chi connectivity index (χ0n) is 8.44. The van der Waals surface area contributed by atoms with Gasteiger partial charge in [0.25, 0.3) is 0 Å². The number of rotatable bonds is 3. The molecule has 82 valence electrons. The van der Waals surface area contributed by atoms with E-state index >= 15 is 0 Å². The molecule has 1 aliphatic rings. The van der Waals surface area contributed by atoms with Crippen molar-refractivity contribution < 1.29 is 28.8 Å². The molecule has 1 heterocycles. The minimum Gasteiger partial charge on any atom is -0.404 e. The van der Waals surface area contributed by atoms with Crippen LogP contribution in [-0.2, 0) is 28.8 Å². The molecule has 0 aliphatic carbocycles. The highest BCUT2D eigenvalue weighted by Crippen LogP contribution is 2.28. The Balaban J connectivity index is 2.75. The predicted molar refractivity (Wildman–Crippen MR) is 44.0 cm³/mol. The molecule has 0 spiro atoms. The van der Waals surface area contributed by atoms with Crippen LogP contribution in [0.4, 0.5) is 0 Å². The zero-order valence-corrected chi connectivity index (χ0v) is 8.44. The molecule has 0 aromatic rings. The number of hydrogen-bond acceptors (Lipinski definition) is 6. The quantitative estimate of drug-likeness (QED) is 0.374. The summed E-state index contributed by atoms with van der Waals surface area (Å²) in [6, 6.07) is 0. The van der Waals surface area contributed by atoms with Gasteiger partial charge < -0.3 is 14.2 Å². The van der Waals surface area contributed by atoms with E-state index in [1.807, 2.05) is 0 Å². The second kappa shape index (κ2) is 4.70. The van der Waals surface area contributed by atoms with Crippen molar-refractivity contribution in [3.05, 3.63) is 0 Å². The first kappa shape index (κ1) is 11.4. The van der Waals surface area contributed by atoms with Crippen LogP contribution in [0.2, 0.25) is 0 Å². The van der Waals surface area contributed by atoms with Gasteiger partial charge in [-0.2, -0.15) is 4.89 Å². The van der Waals surface area contributed by atoms with Gasteiger partial charge in [-0.25, -0.2) is 4.89 Å². The van der Waals surface area contributed by atoms with Crippen LogP contribution in [0.1, 0.15) is 13.3 Å². The number of carbonyl (C=O) groups is 1. The molecule has 1 saturated heterocycles. The molecule has 14 heavy (non-hydrogen) atoms. The van der Waals surface area contributed by atoms with Crippen molar-refractivity contribution >= 4 is 5.97 Å². The average Bonchev–Trinajstić information content (AvgIpc) is 2.17. The summed E-state index contributed by atoms with van der Waals surface area (Å²) in [6.07, 6.45) is 0.0302. The van der Waals surface area contributed by atoms with Crippen molar-refractivity contribution in [1.82, 2.24) is 0 Å². The Morgan fingerprint density at radius 1 is 1.50 bits per heavy atom. The molecule has 6 heteroatoms. The van der Waals surface area contributed by atoms with Crippen LogP contribution in [0.5, 0.6) is 0 Å². The van der Waals surface area contributed by atoms with Crippen LogP contribution in [-0.4, -0.2) is 38.9 Å². The minimum absolute atomic E-state index is 0.366. The van der Waals surface area contributed by atoms with E-state index in [0.29, 0.717) is 13.0 Å². The van der Waals surface area contributed by atoms with Gasteiger partial charge in [0.2, 0.25) is 0 Å². The maximum absolute atomic E-state index is 10.8. The van der Waals surface area contributed by atoms with Crippen LogP contribution in [0.3, 0.4) is 0 Å². The van der Waals surface area contributed by atoms with E-state index in [1.54, 1.807) is 0 Å².